The molecule has 0 aliphatic carbocycles. The zero-order valence-electron chi connectivity index (χ0n) is 13.0. The Bertz CT molecular complexity index is 655. The summed E-state index contributed by atoms with van der Waals surface area (Å²) < 4.78 is 11.9. The second kappa shape index (κ2) is 7.01. The maximum Gasteiger partial charge on any atom is 0.104 e. The summed E-state index contributed by atoms with van der Waals surface area (Å²) in [5.74, 6) is 0.408. The summed E-state index contributed by atoms with van der Waals surface area (Å²) in [7, 11) is 0. The minimum Gasteiger partial charge on any atom is -0.371 e. The lowest BCUT2D eigenvalue weighted by Crippen LogP contribution is -2.33. The van der Waals surface area contributed by atoms with Gasteiger partial charge in [-0.25, -0.2) is 0 Å². The van der Waals surface area contributed by atoms with Crippen molar-refractivity contribution in [2.24, 2.45) is 5.73 Å². The Morgan fingerprint density at radius 1 is 1.09 bits per heavy atom. The maximum absolute atomic E-state index is 5.94. The molecule has 0 radical (unpaired) electrons. The second-order valence-electron chi connectivity index (χ2n) is 6.07. The van der Waals surface area contributed by atoms with Crippen molar-refractivity contribution in [3.8, 4) is 0 Å². The topological polar surface area (TPSA) is 56.5 Å². The van der Waals surface area contributed by atoms with Crippen molar-refractivity contribution in [3.05, 3.63) is 43.8 Å². The SMILES string of the molecule is NC[C@H]1OCC(CNC[C@@H]2OCCc3ccsc32)c2ccsc21. The first-order valence-electron chi connectivity index (χ1n) is 8.14. The Balaban J connectivity index is 1.36. The predicted octanol–water partition coefficient (Wildman–Crippen LogP) is 2.83. The molecule has 2 aromatic rings. The number of rotatable bonds is 5. The fraction of sp³-hybridized carbons (Fsp3) is 0.529. The molecule has 6 heteroatoms. The van der Waals surface area contributed by atoms with Gasteiger partial charge in [-0.2, -0.15) is 0 Å². The Kier molecular flexibility index (Phi) is 4.80. The van der Waals surface area contributed by atoms with Gasteiger partial charge in [0.05, 0.1) is 13.2 Å². The fourth-order valence-corrected chi connectivity index (χ4v) is 5.49. The van der Waals surface area contributed by atoms with Gasteiger partial charge in [0.25, 0.3) is 0 Å². The van der Waals surface area contributed by atoms with Crippen LogP contribution in [0.15, 0.2) is 22.9 Å². The highest BCUT2D eigenvalue weighted by Gasteiger charge is 2.29. The predicted molar refractivity (Wildman–Crippen MR) is 94.4 cm³/mol. The van der Waals surface area contributed by atoms with Gasteiger partial charge in [0.1, 0.15) is 12.2 Å². The van der Waals surface area contributed by atoms with Crippen LogP contribution in [0.5, 0.6) is 0 Å². The van der Waals surface area contributed by atoms with E-state index in [4.69, 9.17) is 15.2 Å². The van der Waals surface area contributed by atoms with Crippen molar-refractivity contribution in [3.63, 3.8) is 0 Å². The van der Waals surface area contributed by atoms with E-state index < -0.39 is 0 Å². The molecule has 23 heavy (non-hydrogen) atoms. The summed E-state index contributed by atoms with van der Waals surface area (Å²) >= 11 is 3.57. The summed E-state index contributed by atoms with van der Waals surface area (Å²) in [6.45, 7) is 3.92. The molecule has 0 bridgehead atoms. The fourth-order valence-electron chi connectivity index (χ4n) is 3.44. The van der Waals surface area contributed by atoms with Crippen molar-refractivity contribution < 1.29 is 9.47 Å². The number of fused-ring (bicyclic) bond motifs is 2. The van der Waals surface area contributed by atoms with E-state index in [9.17, 15) is 0 Å². The van der Waals surface area contributed by atoms with Gasteiger partial charge >= 0.3 is 0 Å². The third kappa shape index (κ3) is 3.12. The van der Waals surface area contributed by atoms with E-state index in [2.05, 4.69) is 28.2 Å². The Morgan fingerprint density at radius 2 is 1.96 bits per heavy atom. The molecule has 2 aromatic heterocycles. The summed E-state index contributed by atoms with van der Waals surface area (Å²) in [6, 6.07) is 4.46. The molecule has 2 aliphatic heterocycles. The molecule has 0 amide bonds. The van der Waals surface area contributed by atoms with Crippen LogP contribution in [0, 0.1) is 0 Å². The van der Waals surface area contributed by atoms with Crippen molar-refractivity contribution in [2.45, 2.75) is 24.5 Å². The largest absolute Gasteiger partial charge is 0.371 e. The molecule has 3 atom stereocenters. The second-order valence-corrected chi connectivity index (χ2v) is 7.97. The number of ether oxygens (including phenoxy) is 2. The monoisotopic (exact) mass is 350 g/mol. The van der Waals surface area contributed by atoms with Crippen LogP contribution in [-0.4, -0.2) is 32.8 Å². The molecular formula is C17H22N2O2S2. The normalized spacial score (nSPS) is 26.7. The van der Waals surface area contributed by atoms with Crippen LogP contribution in [0.25, 0.3) is 0 Å². The molecule has 1 unspecified atom stereocenters. The molecule has 0 saturated carbocycles. The van der Waals surface area contributed by atoms with Crippen LogP contribution in [-0.2, 0) is 15.9 Å². The number of hydrogen-bond acceptors (Lipinski definition) is 6. The zero-order chi connectivity index (χ0) is 15.6. The summed E-state index contributed by atoms with van der Waals surface area (Å²) in [5.41, 5.74) is 8.67. The van der Waals surface area contributed by atoms with Gasteiger partial charge in [-0.1, -0.05) is 0 Å². The Morgan fingerprint density at radius 3 is 2.87 bits per heavy atom. The van der Waals surface area contributed by atoms with Crippen molar-refractivity contribution in [1.82, 2.24) is 5.32 Å². The van der Waals surface area contributed by atoms with Gasteiger partial charge in [0.2, 0.25) is 0 Å². The molecular weight excluding hydrogens is 328 g/mol. The van der Waals surface area contributed by atoms with Crippen molar-refractivity contribution in [1.29, 1.82) is 0 Å². The number of thiophene rings is 2. The molecule has 4 rings (SSSR count). The number of nitrogens with one attached hydrogen (secondary N) is 1. The Hall–Kier alpha value is -0.760. The molecule has 0 fully saturated rings. The van der Waals surface area contributed by atoms with E-state index in [1.165, 1.54) is 20.9 Å². The molecule has 0 aromatic carbocycles. The molecule has 0 spiro atoms. The third-order valence-electron chi connectivity index (χ3n) is 4.66. The number of nitrogens with two attached hydrogens (primary N) is 1. The molecule has 124 valence electrons. The van der Waals surface area contributed by atoms with Crippen molar-refractivity contribution >= 4 is 22.7 Å². The van der Waals surface area contributed by atoms with Gasteiger partial charge in [-0.15, -0.1) is 22.7 Å². The van der Waals surface area contributed by atoms with Crippen LogP contribution >= 0.6 is 22.7 Å². The van der Waals surface area contributed by atoms with Crippen LogP contribution in [0.4, 0.5) is 0 Å². The van der Waals surface area contributed by atoms with Gasteiger partial charge in [-0.05, 0) is 40.4 Å². The average molecular weight is 351 g/mol. The van der Waals surface area contributed by atoms with Gasteiger partial charge in [0.15, 0.2) is 0 Å². The van der Waals surface area contributed by atoms with Crippen LogP contribution in [0.2, 0.25) is 0 Å². The first-order chi connectivity index (χ1) is 11.4. The highest BCUT2D eigenvalue weighted by Crippen LogP contribution is 2.37. The van der Waals surface area contributed by atoms with Gasteiger partial charge < -0.3 is 20.5 Å². The van der Waals surface area contributed by atoms with E-state index in [0.29, 0.717) is 12.5 Å². The van der Waals surface area contributed by atoms with E-state index in [1.54, 1.807) is 11.3 Å². The van der Waals surface area contributed by atoms with E-state index >= 15 is 0 Å². The summed E-state index contributed by atoms with van der Waals surface area (Å²) in [6.07, 6.45) is 1.32. The highest BCUT2D eigenvalue weighted by atomic mass is 32.1. The van der Waals surface area contributed by atoms with Gasteiger partial charge in [0, 0.05) is 35.3 Å². The summed E-state index contributed by atoms with van der Waals surface area (Å²) in [5, 5.41) is 7.92. The highest BCUT2D eigenvalue weighted by molar-refractivity contribution is 7.10. The quantitative estimate of drug-likeness (QED) is 0.871. The lowest BCUT2D eigenvalue weighted by atomic mass is 9.96. The molecule has 0 saturated heterocycles. The molecule has 2 aliphatic rings. The lowest BCUT2D eigenvalue weighted by molar-refractivity contribution is 0.0307. The van der Waals surface area contributed by atoms with E-state index in [0.717, 1.165) is 32.7 Å². The first kappa shape index (κ1) is 15.7. The third-order valence-corrected chi connectivity index (χ3v) is 6.73. The minimum absolute atomic E-state index is 0.0802. The number of hydrogen-bond donors (Lipinski definition) is 2. The summed E-state index contributed by atoms with van der Waals surface area (Å²) in [4.78, 5) is 2.70. The van der Waals surface area contributed by atoms with Crippen LogP contribution < -0.4 is 11.1 Å². The molecule has 4 nitrogen and oxygen atoms in total. The lowest BCUT2D eigenvalue weighted by Gasteiger charge is -2.30. The average Bonchev–Trinajstić information content (AvgIpc) is 3.24. The minimum atomic E-state index is 0.0802. The van der Waals surface area contributed by atoms with E-state index in [-0.39, 0.29) is 12.2 Å². The molecule has 4 heterocycles. The Labute approximate surface area is 144 Å². The first-order valence-corrected chi connectivity index (χ1v) is 9.90. The van der Waals surface area contributed by atoms with Crippen LogP contribution in [0.3, 0.4) is 0 Å². The smallest absolute Gasteiger partial charge is 0.104 e. The maximum atomic E-state index is 5.94. The zero-order valence-corrected chi connectivity index (χ0v) is 14.6. The van der Waals surface area contributed by atoms with Gasteiger partial charge in [-0.3, -0.25) is 0 Å². The van der Waals surface area contributed by atoms with E-state index in [1.807, 2.05) is 11.3 Å². The van der Waals surface area contributed by atoms with Crippen LogP contribution in [0.1, 0.15) is 39.0 Å². The van der Waals surface area contributed by atoms with Crippen molar-refractivity contribution in [2.75, 3.05) is 32.8 Å². The molecule has 3 N–H and O–H groups in total. The standard InChI is InChI=1S/C17H22N2O2S2/c18-7-14-17-13(3-6-23-17)12(10-21-14)8-19-9-15-16-11(1-4-20-15)2-5-22-16/h2-3,5-6,12,14-15,19H,1,4,7-10,18H2/t12?,14-,15+/m1/s1.